The van der Waals surface area contributed by atoms with Gasteiger partial charge in [-0.25, -0.2) is 0 Å². The second-order valence-electron chi connectivity index (χ2n) is 8.67. The van der Waals surface area contributed by atoms with Gasteiger partial charge in [0.2, 0.25) is 0 Å². The van der Waals surface area contributed by atoms with E-state index in [-0.39, 0.29) is 30.4 Å². The van der Waals surface area contributed by atoms with E-state index in [0.717, 1.165) is 23.3 Å². The van der Waals surface area contributed by atoms with Crippen LogP contribution in [0.15, 0.2) is 66.7 Å². The predicted octanol–water partition coefficient (Wildman–Crippen LogP) is 6.77. The van der Waals surface area contributed by atoms with Crippen LogP contribution < -0.4 is 14.2 Å². The molecule has 0 aliphatic carbocycles. The molecule has 0 amide bonds. The molecule has 0 radical (unpaired) electrons. The second-order valence-corrected chi connectivity index (χ2v) is 8.67. The molecular weight excluding hydrogens is 501 g/mol. The Bertz CT molecular complexity index is 1240. The fourth-order valence-electron chi connectivity index (χ4n) is 3.86. The van der Waals surface area contributed by atoms with Crippen LogP contribution in [0, 0.1) is 6.92 Å². The molecule has 0 saturated carbocycles. The number of carbonyl (C=O) groups is 2. The Hall–Kier alpha value is -4.01. The fraction of sp³-hybridized carbons (Fsp3) is 0.310. The third kappa shape index (κ3) is 8.54. The molecule has 1 N–H and O–H groups in total. The first kappa shape index (κ1) is 28.6. The molecule has 9 heteroatoms. The van der Waals surface area contributed by atoms with Crippen molar-refractivity contribution in [3.05, 3.63) is 89.0 Å². The summed E-state index contributed by atoms with van der Waals surface area (Å²) in [6, 6.07) is 17.1. The number of aliphatic carboxylic acids is 1. The number of benzene rings is 3. The van der Waals surface area contributed by atoms with Crippen LogP contribution in [-0.4, -0.2) is 35.9 Å². The van der Waals surface area contributed by atoms with E-state index in [2.05, 4.69) is 4.74 Å². The van der Waals surface area contributed by atoms with Crippen LogP contribution in [0.25, 0.3) is 0 Å². The van der Waals surface area contributed by atoms with E-state index >= 15 is 0 Å². The molecule has 0 spiro atoms. The number of ketones is 1. The van der Waals surface area contributed by atoms with E-state index in [0.29, 0.717) is 30.6 Å². The first-order chi connectivity index (χ1) is 18.1. The van der Waals surface area contributed by atoms with E-state index in [1.807, 2.05) is 26.0 Å². The lowest BCUT2D eigenvalue weighted by atomic mass is 10.0. The maximum absolute atomic E-state index is 13.0. The zero-order valence-electron chi connectivity index (χ0n) is 21.1. The van der Waals surface area contributed by atoms with Crippen molar-refractivity contribution in [3.8, 4) is 17.2 Å². The standard InChI is InChI=1S/C29H29F3O6/c1-3-22(37-23-11-9-20(19(2)17-23)10-14-27(33)34)15-16-36-26-13-12-24(38-29(30,31)32)18-25(26)28(35)21-7-5-4-6-8-21/h4-9,11-13,17-18,22H,3,10,14-16H2,1-2H3,(H,33,34). The molecular formula is C29H29F3O6. The fourth-order valence-corrected chi connectivity index (χ4v) is 3.86. The van der Waals surface area contributed by atoms with Gasteiger partial charge in [0.15, 0.2) is 5.78 Å². The van der Waals surface area contributed by atoms with Gasteiger partial charge in [-0.1, -0.05) is 43.3 Å². The highest BCUT2D eigenvalue weighted by molar-refractivity contribution is 6.10. The summed E-state index contributed by atoms with van der Waals surface area (Å²) in [6.45, 7) is 4.00. The van der Waals surface area contributed by atoms with Gasteiger partial charge in [-0.3, -0.25) is 9.59 Å². The number of ether oxygens (including phenoxy) is 3. The van der Waals surface area contributed by atoms with Crippen LogP contribution >= 0.6 is 0 Å². The van der Waals surface area contributed by atoms with Crippen molar-refractivity contribution >= 4 is 11.8 Å². The average molecular weight is 531 g/mol. The number of carbonyl (C=O) groups excluding carboxylic acids is 1. The van der Waals surface area contributed by atoms with E-state index in [4.69, 9.17) is 14.6 Å². The summed E-state index contributed by atoms with van der Waals surface area (Å²) in [6.07, 6.45) is -3.51. The molecule has 3 aromatic carbocycles. The lowest BCUT2D eigenvalue weighted by molar-refractivity contribution is -0.274. The van der Waals surface area contributed by atoms with E-state index in [1.165, 1.54) is 6.07 Å². The summed E-state index contributed by atoms with van der Waals surface area (Å²) < 4.78 is 54.2. The van der Waals surface area contributed by atoms with E-state index in [1.54, 1.807) is 36.4 Å². The molecule has 0 fully saturated rings. The van der Waals surface area contributed by atoms with Crippen molar-refractivity contribution in [1.82, 2.24) is 0 Å². The highest BCUT2D eigenvalue weighted by Crippen LogP contribution is 2.30. The van der Waals surface area contributed by atoms with Gasteiger partial charge in [0.05, 0.1) is 12.2 Å². The van der Waals surface area contributed by atoms with Crippen molar-refractivity contribution in [2.75, 3.05) is 6.61 Å². The van der Waals surface area contributed by atoms with Gasteiger partial charge in [-0.15, -0.1) is 13.2 Å². The van der Waals surface area contributed by atoms with Gasteiger partial charge in [0, 0.05) is 18.4 Å². The number of hydrogen-bond donors (Lipinski definition) is 1. The van der Waals surface area contributed by atoms with Crippen LogP contribution in [0.4, 0.5) is 13.2 Å². The van der Waals surface area contributed by atoms with Gasteiger partial charge in [0.1, 0.15) is 23.4 Å². The van der Waals surface area contributed by atoms with E-state index < -0.39 is 23.9 Å². The van der Waals surface area contributed by atoms with Gasteiger partial charge in [-0.05, 0) is 61.2 Å². The van der Waals surface area contributed by atoms with Crippen molar-refractivity contribution in [2.45, 2.75) is 52.0 Å². The Morgan fingerprint density at radius 2 is 1.68 bits per heavy atom. The minimum Gasteiger partial charge on any atom is -0.493 e. The molecule has 3 rings (SSSR count). The molecule has 1 unspecified atom stereocenters. The molecule has 0 saturated heterocycles. The Kier molecular flexibility index (Phi) is 9.76. The third-order valence-electron chi connectivity index (χ3n) is 5.84. The molecule has 3 aromatic rings. The molecule has 38 heavy (non-hydrogen) atoms. The molecule has 0 aliphatic rings. The molecule has 1 atom stereocenters. The molecule has 202 valence electrons. The van der Waals surface area contributed by atoms with E-state index in [9.17, 15) is 22.8 Å². The summed E-state index contributed by atoms with van der Waals surface area (Å²) in [5, 5.41) is 8.89. The summed E-state index contributed by atoms with van der Waals surface area (Å²) in [5.41, 5.74) is 2.13. The SMILES string of the molecule is CCC(CCOc1ccc(OC(F)(F)F)cc1C(=O)c1ccccc1)Oc1ccc(CCC(=O)O)c(C)c1. The third-order valence-corrected chi connectivity index (χ3v) is 5.84. The molecule has 0 aromatic heterocycles. The normalized spacial score (nSPS) is 12.0. The van der Waals surface area contributed by atoms with Crippen LogP contribution in [0.2, 0.25) is 0 Å². The number of carboxylic acid groups (broad SMARTS) is 1. The van der Waals surface area contributed by atoms with Gasteiger partial charge >= 0.3 is 12.3 Å². The number of aryl methyl sites for hydroxylation is 2. The van der Waals surface area contributed by atoms with Crippen molar-refractivity contribution in [2.24, 2.45) is 0 Å². The smallest absolute Gasteiger partial charge is 0.493 e. The molecule has 0 aliphatic heterocycles. The maximum Gasteiger partial charge on any atom is 0.573 e. The average Bonchev–Trinajstić information content (AvgIpc) is 2.87. The van der Waals surface area contributed by atoms with Crippen molar-refractivity contribution in [3.63, 3.8) is 0 Å². The number of alkyl halides is 3. The van der Waals surface area contributed by atoms with Crippen LogP contribution in [0.1, 0.15) is 53.2 Å². The Morgan fingerprint density at radius 1 is 0.974 bits per heavy atom. The minimum absolute atomic E-state index is 0.0421. The lowest BCUT2D eigenvalue weighted by Gasteiger charge is -2.20. The molecule has 0 bridgehead atoms. The number of rotatable bonds is 13. The Balaban J connectivity index is 1.69. The predicted molar refractivity (Wildman–Crippen MR) is 135 cm³/mol. The largest absolute Gasteiger partial charge is 0.573 e. The second kappa shape index (κ2) is 13.0. The number of hydrogen-bond acceptors (Lipinski definition) is 5. The lowest BCUT2D eigenvalue weighted by Crippen LogP contribution is -2.20. The number of carboxylic acids is 1. The summed E-state index contributed by atoms with van der Waals surface area (Å²) in [4.78, 5) is 23.9. The zero-order chi connectivity index (χ0) is 27.7. The summed E-state index contributed by atoms with van der Waals surface area (Å²) in [7, 11) is 0. The monoisotopic (exact) mass is 530 g/mol. The topological polar surface area (TPSA) is 82.1 Å². The van der Waals surface area contributed by atoms with Gasteiger partial charge in [0.25, 0.3) is 0 Å². The van der Waals surface area contributed by atoms with Crippen LogP contribution in [0.5, 0.6) is 17.2 Å². The zero-order valence-corrected chi connectivity index (χ0v) is 21.1. The van der Waals surface area contributed by atoms with Crippen LogP contribution in [0.3, 0.4) is 0 Å². The highest BCUT2D eigenvalue weighted by atomic mass is 19.4. The minimum atomic E-state index is -4.89. The Labute approximate surface area is 219 Å². The first-order valence-corrected chi connectivity index (χ1v) is 12.2. The van der Waals surface area contributed by atoms with Crippen LogP contribution in [-0.2, 0) is 11.2 Å². The van der Waals surface area contributed by atoms with Gasteiger partial charge in [-0.2, -0.15) is 0 Å². The number of halogens is 3. The first-order valence-electron chi connectivity index (χ1n) is 12.2. The summed E-state index contributed by atoms with van der Waals surface area (Å²) in [5.74, 6) is -1.08. The Morgan fingerprint density at radius 3 is 2.32 bits per heavy atom. The summed E-state index contributed by atoms with van der Waals surface area (Å²) >= 11 is 0. The van der Waals surface area contributed by atoms with Crippen molar-refractivity contribution in [1.29, 1.82) is 0 Å². The molecule has 0 heterocycles. The molecule has 6 nitrogen and oxygen atoms in total. The maximum atomic E-state index is 13.0. The quantitative estimate of drug-likeness (QED) is 0.246. The highest BCUT2D eigenvalue weighted by Gasteiger charge is 2.31. The van der Waals surface area contributed by atoms with Crippen molar-refractivity contribution < 1.29 is 42.1 Å². The van der Waals surface area contributed by atoms with Gasteiger partial charge < -0.3 is 19.3 Å².